The number of carbonyl (C=O) groups excluding carboxylic acids is 1. The molecule has 1 aromatic carbocycles. The minimum Gasteiger partial charge on any atom is -0.497 e. The fourth-order valence-corrected chi connectivity index (χ4v) is 15.1. The lowest BCUT2D eigenvalue weighted by Crippen LogP contribution is -2.55. The van der Waals surface area contributed by atoms with Crippen LogP contribution >= 0.6 is 0 Å². The molecule has 1 fully saturated rings. The molecule has 1 aromatic rings. The quantitative estimate of drug-likeness (QED) is 0.0373. The van der Waals surface area contributed by atoms with Gasteiger partial charge < -0.3 is 31.9 Å². The van der Waals surface area contributed by atoms with Gasteiger partial charge in [0.15, 0.2) is 33.3 Å². The van der Waals surface area contributed by atoms with Gasteiger partial charge >= 0.3 is 5.97 Å². The Bertz CT molecular complexity index is 2050. The minimum atomic E-state index is -2.27. The minimum absolute atomic E-state index is 0.00786. The van der Waals surface area contributed by atoms with Crippen LogP contribution in [0.5, 0.6) is 5.75 Å². The molecule has 1 aliphatic rings. The first kappa shape index (κ1) is 70.2. The summed E-state index contributed by atoms with van der Waals surface area (Å²) in [5.74, 6) is 0.900. The summed E-state index contributed by atoms with van der Waals surface area (Å²) in [4.78, 5) is 13.7. The van der Waals surface area contributed by atoms with Gasteiger partial charge in [-0.25, -0.2) is 0 Å². The largest absolute Gasteiger partial charge is 0.497 e. The zero-order valence-electron chi connectivity index (χ0n) is 54.4. The maximum Gasteiger partial charge on any atom is 0.311 e. The predicted octanol–water partition coefficient (Wildman–Crippen LogP) is 18.5. The smallest absolute Gasteiger partial charge is 0.311 e. The Morgan fingerprint density at radius 2 is 1.13 bits per heavy atom. The zero-order chi connectivity index (χ0) is 59.0. The second kappa shape index (κ2) is 27.7. The van der Waals surface area contributed by atoms with E-state index >= 15 is 0 Å². The molecule has 0 spiro atoms. The van der Waals surface area contributed by atoms with Crippen LogP contribution in [0.1, 0.15) is 157 Å². The maximum atomic E-state index is 13.7. The molecule has 1 saturated heterocycles. The van der Waals surface area contributed by atoms with Gasteiger partial charge in [0.2, 0.25) is 0 Å². The Labute approximate surface area is 473 Å². The Hall–Kier alpha value is -1.88. The number of hydrogen-bond donors (Lipinski definition) is 0. The van der Waals surface area contributed by atoms with Gasteiger partial charge in [-0.05, 0) is 128 Å². The maximum absolute atomic E-state index is 13.7. The highest BCUT2D eigenvalue weighted by molar-refractivity contribution is 6.75. The van der Waals surface area contributed by atoms with Gasteiger partial charge in [0, 0.05) is 24.2 Å². The number of methoxy groups -OCH3 is 1. The predicted molar refractivity (Wildman–Crippen MR) is 335 cm³/mol. The summed E-state index contributed by atoms with van der Waals surface area (Å²) in [6.07, 6.45) is 13.6. The topological polar surface area (TPSA) is 81.7 Å². The Morgan fingerprint density at radius 1 is 0.658 bits per heavy atom. The van der Waals surface area contributed by atoms with E-state index in [0.29, 0.717) is 13.0 Å². The van der Waals surface area contributed by atoms with Crippen LogP contribution in [0.15, 0.2) is 72.9 Å². The van der Waals surface area contributed by atoms with Crippen molar-refractivity contribution in [3.05, 3.63) is 78.4 Å². The lowest BCUT2D eigenvalue weighted by atomic mass is 9.81. The third-order valence-electron chi connectivity index (χ3n) is 18.8. The van der Waals surface area contributed by atoms with E-state index in [9.17, 15) is 4.79 Å². The monoisotopic (exact) mass is 1130 g/mol. The van der Waals surface area contributed by atoms with Crippen molar-refractivity contribution in [2.75, 3.05) is 7.11 Å². The number of rotatable bonds is 27. The van der Waals surface area contributed by atoms with Crippen molar-refractivity contribution in [3.8, 4) is 5.75 Å². The first-order valence-corrected chi connectivity index (χ1v) is 40.8. The van der Waals surface area contributed by atoms with Crippen LogP contribution in [-0.4, -0.2) is 83.0 Å². The number of carbonyl (C=O) groups is 1. The van der Waals surface area contributed by atoms with E-state index in [0.717, 1.165) is 17.7 Å². The standard InChI is InChI=1S/C64H118O8Si4/c1-31-32-33-45(3)57(67-43-52-35-38-53(66-22)39-36-52)50(8)58(71-75(27,28)63(16,17)18)48(6)41-44(2)40-47(5)56(70-74(25,26)62(13,14)15)46(4)34-37-54(69-73(23,24)61(10,11)12)42-55-49(7)59(51(9)60(65)68-55)72-76(29,30)64(19,20)21/h31-40,45-51,54-59H,1,41-43H2,2-30H3/t45-,46-,47-,48-,49-,50+,51+,54+,55?,56-,57-,58+,59-/m0/s1. The molecule has 0 saturated carbocycles. The van der Waals surface area contributed by atoms with Crippen LogP contribution < -0.4 is 4.74 Å². The van der Waals surface area contributed by atoms with Gasteiger partial charge in [0.25, 0.3) is 0 Å². The van der Waals surface area contributed by atoms with Gasteiger partial charge in [0.1, 0.15) is 11.9 Å². The molecule has 8 nitrogen and oxygen atoms in total. The van der Waals surface area contributed by atoms with E-state index in [-0.39, 0.29) is 104 Å². The highest BCUT2D eigenvalue weighted by Gasteiger charge is 2.50. The van der Waals surface area contributed by atoms with Crippen molar-refractivity contribution in [1.29, 1.82) is 0 Å². The third-order valence-corrected chi connectivity index (χ3v) is 36.7. The molecule has 0 amide bonds. The van der Waals surface area contributed by atoms with Gasteiger partial charge in [-0.1, -0.05) is 185 Å². The molecule has 0 aliphatic carbocycles. The van der Waals surface area contributed by atoms with E-state index in [4.69, 9.17) is 31.9 Å². The van der Waals surface area contributed by atoms with Crippen LogP contribution in [0.2, 0.25) is 72.5 Å². The average molecular weight is 1130 g/mol. The van der Waals surface area contributed by atoms with Crippen molar-refractivity contribution in [2.24, 2.45) is 41.4 Å². The number of esters is 1. The SMILES string of the molecule is C=CC=C[C@H](C)[C@H](OCc1ccc(OC)cc1)[C@@H](C)[C@H](O[Si](C)(C)C(C)(C)C)[C@@H](C)CC(C)=C[C@H](C)[C@@H](O[Si](C)(C)C(C)(C)C)[C@@H](C)C=C[C@H](CC1OC(=O)[C@H](C)[C@@H](O[Si](C)(C)C(C)(C)C)[C@H]1C)O[Si](C)(C)C(C)(C)C. The molecule has 12 heteroatoms. The van der Waals surface area contributed by atoms with Gasteiger partial charge in [-0.3, -0.25) is 4.79 Å². The van der Waals surface area contributed by atoms with Crippen molar-refractivity contribution in [3.63, 3.8) is 0 Å². The molecule has 2 rings (SSSR count). The summed E-state index contributed by atoms with van der Waals surface area (Å²) in [6.45, 7) is 68.9. The zero-order valence-corrected chi connectivity index (χ0v) is 58.4. The van der Waals surface area contributed by atoms with E-state index < -0.39 is 33.3 Å². The van der Waals surface area contributed by atoms with Crippen LogP contribution in [0.25, 0.3) is 0 Å². The Balaban J connectivity index is 2.69. The van der Waals surface area contributed by atoms with Crippen LogP contribution in [0.3, 0.4) is 0 Å². The van der Waals surface area contributed by atoms with E-state index in [1.807, 2.05) is 31.2 Å². The number of cyclic esters (lactones) is 1. The fourth-order valence-electron chi connectivity index (χ4n) is 9.46. The molecule has 13 atom stereocenters. The summed E-state index contributed by atoms with van der Waals surface area (Å²) in [5, 5.41) is 0.0556. The fraction of sp³-hybridized carbons (Fsp3) is 0.766. The number of benzene rings is 1. The number of ether oxygens (including phenoxy) is 3. The molecule has 1 unspecified atom stereocenters. The number of hydrogen-bond acceptors (Lipinski definition) is 8. The van der Waals surface area contributed by atoms with Crippen LogP contribution in [0.4, 0.5) is 0 Å². The molecule has 1 aliphatic heterocycles. The van der Waals surface area contributed by atoms with E-state index in [1.54, 1.807) is 7.11 Å². The second-order valence-corrected chi connectivity index (χ2v) is 48.6. The van der Waals surface area contributed by atoms with Crippen molar-refractivity contribution in [1.82, 2.24) is 0 Å². The van der Waals surface area contributed by atoms with E-state index in [2.05, 4.69) is 227 Å². The van der Waals surface area contributed by atoms with Gasteiger partial charge in [0.05, 0.1) is 50.2 Å². The first-order valence-electron chi connectivity index (χ1n) is 29.2. The van der Waals surface area contributed by atoms with Gasteiger partial charge in [-0.15, -0.1) is 0 Å². The van der Waals surface area contributed by atoms with E-state index in [1.165, 1.54) is 5.57 Å². The summed E-state index contributed by atoms with van der Waals surface area (Å²) in [7, 11) is -7.23. The first-order chi connectivity index (χ1) is 34.3. The van der Waals surface area contributed by atoms with Crippen molar-refractivity contribution >= 4 is 39.2 Å². The summed E-state index contributed by atoms with van der Waals surface area (Å²) < 4.78 is 48.2. The average Bonchev–Trinajstić information content (AvgIpc) is 3.27. The molecule has 438 valence electrons. The Morgan fingerprint density at radius 3 is 1.61 bits per heavy atom. The molecule has 76 heavy (non-hydrogen) atoms. The highest BCUT2D eigenvalue weighted by Crippen LogP contribution is 2.45. The number of allylic oxidation sites excluding steroid dienone is 3. The molecule has 1 heterocycles. The third kappa shape index (κ3) is 19.7. The highest BCUT2D eigenvalue weighted by atomic mass is 28.4. The second-order valence-electron chi connectivity index (χ2n) is 29.6. The molecule has 0 radical (unpaired) electrons. The lowest BCUT2D eigenvalue weighted by molar-refractivity contribution is -0.177. The van der Waals surface area contributed by atoms with Crippen molar-refractivity contribution in [2.45, 2.75) is 267 Å². The van der Waals surface area contributed by atoms with Crippen LogP contribution in [-0.2, 0) is 38.6 Å². The Kier molecular flexibility index (Phi) is 25.6. The summed E-state index contributed by atoms with van der Waals surface area (Å²) in [6, 6.07) is 8.17. The van der Waals surface area contributed by atoms with Crippen LogP contribution in [0, 0.1) is 41.4 Å². The molecule has 0 N–H and O–H groups in total. The lowest BCUT2D eigenvalue weighted by Gasteiger charge is -2.47. The van der Waals surface area contributed by atoms with Crippen molar-refractivity contribution < 1.29 is 36.7 Å². The molecular weight excluding hydrogens is 1010 g/mol. The molecule has 0 bridgehead atoms. The molecular formula is C64H118O8Si4. The summed E-state index contributed by atoms with van der Waals surface area (Å²) >= 11 is 0. The summed E-state index contributed by atoms with van der Waals surface area (Å²) in [5.41, 5.74) is 2.44. The normalized spacial score (nSPS) is 22.9. The molecule has 0 aromatic heterocycles. The van der Waals surface area contributed by atoms with Gasteiger partial charge in [-0.2, -0.15) is 0 Å².